The van der Waals surface area contributed by atoms with Crippen LogP contribution in [-0.4, -0.2) is 6.08 Å². The van der Waals surface area contributed by atoms with Crippen LogP contribution in [0.15, 0.2) is 11.1 Å². The summed E-state index contributed by atoms with van der Waals surface area (Å²) in [6.45, 7) is 0. The zero-order valence-electron chi connectivity index (χ0n) is 7.38. The number of rotatable bonds is 1. The van der Waals surface area contributed by atoms with Crippen molar-refractivity contribution in [2.45, 2.75) is 32.1 Å². The largest absolute Gasteiger partial charge is 0.241 e. The molecule has 0 N–H and O–H groups in total. The maximum atomic E-state index is 10.1. The fraction of sp³-hybridized carbons (Fsp3) is 0.500. The summed E-state index contributed by atoms with van der Waals surface area (Å²) in [5, 5.41) is 0.821. The fourth-order valence-electron chi connectivity index (χ4n) is 1.75. The number of nitrogens with zero attached hydrogens (tertiary/aromatic N) is 1. The van der Waals surface area contributed by atoms with Gasteiger partial charge in [0.1, 0.15) is 5.00 Å². The number of thiophene rings is 1. The molecule has 2 nitrogen and oxygen atoms in total. The fourth-order valence-corrected chi connectivity index (χ4v) is 2.83. The third kappa shape index (κ3) is 1.87. The monoisotopic (exact) mass is 193 g/mol. The molecule has 1 aromatic heterocycles. The van der Waals surface area contributed by atoms with Crippen LogP contribution in [0, 0.1) is 0 Å². The molecular formula is C10H11NOS. The first-order valence-electron chi connectivity index (χ1n) is 4.59. The summed E-state index contributed by atoms with van der Waals surface area (Å²) in [6, 6.07) is 2.04. The summed E-state index contributed by atoms with van der Waals surface area (Å²) in [4.78, 5) is 15.1. The lowest BCUT2D eigenvalue weighted by molar-refractivity contribution is 0.565. The Bertz CT molecular complexity index is 326. The second-order valence-electron chi connectivity index (χ2n) is 3.30. The zero-order valence-corrected chi connectivity index (χ0v) is 8.19. The Morgan fingerprint density at radius 1 is 1.31 bits per heavy atom. The average Bonchev–Trinajstić information content (AvgIpc) is 2.37. The van der Waals surface area contributed by atoms with Gasteiger partial charge in [0, 0.05) is 4.88 Å². The van der Waals surface area contributed by atoms with Crippen molar-refractivity contribution in [2.75, 3.05) is 0 Å². The smallest absolute Gasteiger partial charge is 0.211 e. The van der Waals surface area contributed by atoms with E-state index in [2.05, 4.69) is 4.99 Å². The first kappa shape index (κ1) is 8.67. The van der Waals surface area contributed by atoms with Gasteiger partial charge in [0.15, 0.2) is 0 Å². The minimum atomic E-state index is 0.821. The van der Waals surface area contributed by atoms with Gasteiger partial charge in [0.25, 0.3) is 0 Å². The van der Waals surface area contributed by atoms with Gasteiger partial charge in [-0.05, 0) is 37.3 Å². The first-order valence-corrected chi connectivity index (χ1v) is 5.41. The molecule has 0 atom stereocenters. The van der Waals surface area contributed by atoms with E-state index in [9.17, 15) is 4.79 Å². The Morgan fingerprint density at radius 2 is 2.15 bits per heavy atom. The van der Waals surface area contributed by atoms with Crippen molar-refractivity contribution in [1.29, 1.82) is 0 Å². The summed E-state index contributed by atoms with van der Waals surface area (Å²) in [5.74, 6) is 0. The van der Waals surface area contributed by atoms with E-state index in [0.717, 1.165) is 17.8 Å². The van der Waals surface area contributed by atoms with E-state index in [1.165, 1.54) is 29.7 Å². The number of isocyanates is 1. The summed E-state index contributed by atoms with van der Waals surface area (Å²) >= 11 is 1.64. The number of aliphatic imine (C=N–C) groups is 1. The van der Waals surface area contributed by atoms with Crippen LogP contribution in [0.25, 0.3) is 0 Å². The Morgan fingerprint density at radius 3 is 3.00 bits per heavy atom. The van der Waals surface area contributed by atoms with E-state index >= 15 is 0 Å². The molecular weight excluding hydrogens is 182 g/mol. The minimum absolute atomic E-state index is 0.821. The standard InChI is InChI=1S/C10H11NOS/c12-7-11-10-6-8-4-2-1-3-5-9(8)13-10/h6H,1-5H2. The van der Waals surface area contributed by atoms with Crippen LogP contribution in [0.4, 0.5) is 5.00 Å². The van der Waals surface area contributed by atoms with E-state index < -0.39 is 0 Å². The van der Waals surface area contributed by atoms with Crippen LogP contribution in [-0.2, 0) is 17.6 Å². The Labute approximate surface area is 81.3 Å². The number of aryl methyl sites for hydroxylation is 2. The molecule has 1 aliphatic carbocycles. The van der Waals surface area contributed by atoms with Crippen molar-refractivity contribution >= 4 is 22.4 Å². The Hall–Kier alpha value is -0.920. The van der Waals surface area contributed by atoms with Crippen molar-refractivity contribution in [2.24, 2.45) is 4.99 Å². The van der Waals surface area contributed by atoms with Crippen molar-refractivity contribution in [3.8, 4) is 0 Å². The van der Waals surface area contributed by atoms with Crippen LogP contribution in [0.3, 0.4) is 0 Å². The molecule has 68 valence electrons. The van der Waals surface area contributed by atoms with Gasteiger partial charge in [-0.3, -0.25) is 0 Å². The first-order chi connectivity index (χ1) is 6.40. The molecule has 0 radical (unpaired) electrons. The Balaban J connectivity index is 2.32. The second-order valence-corrected chi connectivity index (χ2v) is 4.41. The molecule has 0 spiro atoms. The predicted octanol–water partition coefficient (Wildman–Crippen LogP) is 2.98. The molecule has 3 heteroatoms. The molecule has 0 saturated heterocycles. The molecule has 0 saturated carbocycles. The maximum Gasteiger partial charge on any atom is 0.241 e. The van der Waals surface area contributed by atoms with Crippen LogP contribution in [0.2, 0.25) is 0 Å². The summed E-state index contributed by atoms with van der Waals surface area (Å²) in [7, 11) is 0. The SMILES string of the molecule is O=C=Nc1cc2c(s1)CCCCC2. The van der Waals surface area contributed by atoms with Crippen LogP contribution < -0.4 is 0 Å². The van der Waals surface area contributed by atoms with Crippen molar-refractivity contribution < 1.29 is 4.79 Å². The summed E-state index contributed by atoms with van der Waals surface area (Å²) in [6.07, 6.45) is 7.78. The maximum absolute atomic E-state index is 10.1. The van der Waals surface area contributed by atoms with E-state index in [-0.39, 0.29) is 0 Å². The van der Waals surface area contributed by atoms with E-state index in [1.807, 2.05) is 6.07 Å². The highest BCUT2D eigenvalue weighted by Gasteiger charge is 2.11. The lowest BCUT2D eigenvalue weighted by Gasteiger charge is -1.92. The summed E-state index contributed by atoms with van der Waals surface area (Å²) < 4.78 is 0. The molecule has 0 bridgehead atoms. The topological polar surface area (TPSA) is 29.4 Å². The number of hydrogen-bond acceptors (Lipinski definition) is 3. The normalized spacial score (nSPS) is 15.7. The molecule has 1 aliphatic rings. The van der Waals surface area contributed by atoms with E-state index in [1.54, 1.807) is 17.4 Å². The molecule has 13 heavy (non-hydrogen) atoms. The quantitative estimate of drug-likeness (QED) is 0.383. The van der Waals surface area contributed by atoms with Crippen molar-refractivity contribution in [1.82, 2.24) is 0 Å². The highest BCUT2D eigenvalue weighted by molar-refractivity contribution is 7.16. The lowest BCUT2D eigenvalue weighted by atomic mass is 10.1. The molecule has 0 amide bonds. The third-order valence-corrected chi connectivity index (χ3v) is 3.52. The van der Waals surface area contributed by atoms with Crippen molar-refractivity contribution in [3.63, 3.8) is 0 Å². The minimum Gasteiger partial charge on any atom is -0.211 e. The van der Waals surface area contributed by atoms with Gasteiger partial charge in [-0.25, -0.2) is 4.79 Å². The zero-order chi connectivity index (χ0) is 9.10. The van der Waals surface area contributed by atoms with E-state index in [4.69, 9.17) is 0 Å². The third-order valence-electron chi connectivity index (χ3n) is 2.39. The van der Waals surface area contributed by atoms with Crippen LogP contribution in [0.5, 0.6) is 0 Å². The average molecular weight is 193 g/mol. The molecule has 0 unspecified atom stereocenters. The number of carbonyl (C=O) groups excluding carboxylic acids is 1. The number of hydrogen-bond donors (Lipinski definition) is 0. The molecule has 1 aromatic rings. The van der Waals surface area contributed by atoms with Crippen LogP contribution >= 0.6 is 11.3 Å². The summed E-state index contributed by atoms with van der Waals surface area (Å²) in [5.41, 5.74) is 1.40. The molecule has 1 heterocycles. The van der Waals surface area contributed by atoms with Crippen molar-refractivity contribution in [3.05, 3.63) is 16.5 Å². The molecule has 2 rings (SSSR count). The highest BCUT2D eigenvalue weighted by atomic mass is 32.1. The second kappa shape index (κ2) is 3.86. The van der Waals surface area contributed by atoms with Gasteiger partial charge in [-0.15, -0.1) is 11.3 Å². The Kier molecular flexibility index (Phi) is 2.57. The highest BCUT2D eigenvalue weighted by Crippen LogP contribution is 2.33. The van der Waals surface area contributed by atoms with Gasteiger partial charge >= 0.3 is 0 Å². The number of fused-ring (bicyclic) bond motifs is 1. The van der Waals surface area contributed by atoms with Gasteiger partial charge in [0.2, 0.25) is 6.08 Å². The predicted molar refractivity (Wildman–Crippen MR) is 53.4 cm³/mol. The molecule has 0 fully saturated rings. The van der Waals surface area contributed by atoms with Crippen LogP contribution in [0.1, 0.15) is 29.7 Å². The van der Waals surface area contributed by atoms with Gasteiger partial charge in [-0.1, -0.05) is 6.42 Å². The lowest BCUT2D eigenvalue weighted by Crippen LogP contribution is -1.80. The van der Waals surface area contributed by atoms with E-state index in [0.29, 0.717) is 0 Å². The van der Waals surface area contributed by atoms with Gasteiger partial charge in [0.05, 0.1) is 0 Å². The molecule has 0 aliphatic heterocycles. The molecule has 0 aromatic carbocycles. The van der Waals surface area contributed by atoms with Gasteiger partial charge < -0.3 is 0 Å². The van der Waals surface area contributed by atoms with Gasteiger partial charge in [-0.2, -0.15) is 4.99 Å².